The van der Waals surface area contributed by atoms with Gasteiger partial charge in [-0.1, -0.05) is 32.0 Å². The van der Waals surface area contributed by atoms with E-state index in [0.717, 1.165) is 18.3 Å². The summed E-state index contributed by atoms with van der Waals surface area (Å²) in [6.07, 6.45) is 3.62. The minimum Gasteiger partial charge on any atom is -0.261 e. The van der Waals surface area contributed by atoms with Crippen molar-refractivity contribution in [2.45, 2.75) is 38.4 Å². The number of aliphatic imine (C=N–C) groups is 1. The zero-order valence-corrected chi connectivity index (χ0v) is 8.73. The molecule has 3 heteroatoms. The molecular weight excluding hydrogens is 168 g/mol. The molecule has 1 saturated heterocycles. The van der Waals surface area contributed by atoms with Gasteiger partial charge in [0.2, 0.25) is 0 Å². The molecule has 1 unspecified atom stereocenters. The molecule has 1 aliphatic rings. The van der Waals surface area contributed by atoms with Crippen molar-refractivity contribution in [1.29, 1.82) is 0 Å². The Morgan fingerprint density at radius 3 is 3.00 bits per heavy atom. The monoisotopic (exact) mass is 185 g/mol. The average molecular weight is 185 g/mol. The molecule has 0 aromatic heterocycles. The molecule has 1 atom stereocenters. The molecule has 1 aliphatic heterocycles. The molecule has 0 N–H and O–H groups in total. The number of rotatable bonds is 4. The molecule has 1 fully saturated rings. The Morgan fingerprint density at radius 2 is 2.42 bits per heavy atom. The van der Waals surface area contributed by atoms with Crippen LogP contribution in [0.5, 0.6) is 0 Å². The van der Waals surface area contributed by atoms with Crippen LogP contribution in [0.4, 0.5) is 0 Å². The van der Waals surface area contributed by atoms with Crippen molar-refractivity contribution in [2.75, 3.05) is 13.1 Å². The van der Waals surface area contributed by atoms with Crippen LogP contribution < -0.4 is 5.32 Å². The zero-order valence-electron chi connectivity index (χ0n) is 7.92. The van der Waals surface area contributed by atoms with Crippen LogP contribution in [0.15, 0.2) is 4.99 Å². The Hall–Kier alpha value is -0.180. The maximum absolute atomic E-state index is 4.42. The second-order valence-corrected chi connectivity index (χ2v) is 4.27. The fourth-order valence-corrected chi connectivity index (χ4v) is 1.96. The van der Waals surface area contributed by atoms with Crippen LogP contribution in [-0.4, -0.2) is 23.5 Å². The van der Waals surface area contributed by atoms with Crippen molar-refractivity contribution in [1.82, 2.24) is 5.32 Å². The van der Waals surface area contributed by atoms with Crippen LogP contribution in [0.1, 0.15) is 33.1 Å². The predicted octanol–water partition coefficient (Wildman–Crippen LogP) is 2.27. The second kappa shape index (κ2) is 5.46. The first-order valence-corrected chi connectivity index (χ1v) is 5.63. The van der Waals surface area contributed by atoms with Gasteiger partial charge in [-0.25, -0.2) is 0 Å². The smallest absolute Gasteiger partial charge is 0.178 e. The first kappa shape index (κ1) is 9.90. The van der Waals surface area contributed by atoms with E-state index in [1.165, 1.54) is 19.3 Å². The molecule has 0 amide bonds. The summed E-state index contributed by atoms with van der Waals surface area (Å²) in [6.45, 7) is 6.33. The number of unbranched alkanes of at least 4 members (excludes halogenated alkanes) is 1. The molecule has 0 saturated carbocycles. The van der Waals surface area contributed by atoms with Gasteiger partial charge in [0.1, 0.15) is 0 Å². The highest BCUT2D eigenvalue weighted by atomic mass is 32.2. The van der Waals surface area contributed by atoms with E-state index in [-0.39, 0.29) is 0 Å². The van der Waals surface area contributed by atoms with Crippen molar-refractivity contribution in [3.8, 4) is 0 Å². The lowest BCUT2D eigenvalue weighted by atomic mass is 10.3. The fraction of sp³-hybridized carbons (Fsp3) is 0.889. The lowest BCUT2D eigenvalue weighted by molar-refractivity contribution is 0.780. The van der Waals surface area contributed by atoms with Gasteiger partial charge in [0.15, 0.2) is 5.17 Å². The van der Waals surface area contributed by atoms with Crippen LogP contribution in [0.2, 0.25) is 0 Å². The molecule has 0 spiro atoms. The van der Waals surface area contributed by atoms with E-state index >= 15 is 0 Å². The predicted molar refractivity (Wildman–Crippen MR) is 55.9 cm³/mol. The molecule has 0 aromatic carbocycles. The van der Waals surface area contributed by atoms with E-state index < -0.39 is 0 Å². The lowest BCUT2D eigenvalue weighted by Gasteiger charge is -1.97. The molecule has 1 radical (unpaired) electrons. The molecule has 0 aliphatic carbocycles. The normalized spacial score (nSPS) is 26.2. The summed E-state index contributed by atoms with van der Waals surface area (Å²) < 4.78 is 0. The number of nitrogens with zero attached hydrogens (tertiary/aromatic N) is 2. The Bertz CT molecular complexity index is 157. The van der Waals surface area contributed by atoms with Crippen LogP contribution in [0, 0.1) is 0 Å². The highest BCUT2D eigenvalue weighted by Crippen LogP contribution is 2.21. The van der Waals surface area contributed by atoms with Crippen LogP contribution in [0.25, 0.3) is 0 Å². The van der Waals surface area contributed by atoms with Crippen molar-refractivity contribution in [3.63, 3.8) is 0 Å². The molecule has 69 valence electrons. The molecular formula is C9H17N2S. The number of hydrogen-bond acceptors (Lipinski definition) is 2. The van der Waals surface area contributed by atoms with Gasteiger partial charge in [0.05, 0.1) is 6.54 Å². The minimum atomic E-state index is 0.699. The Labute approximate surface area is 79.2 Å². The number of thioether (sulfide) groups is 1. The van der Waals surface area contributed by atoms with Crippen molar-refractivity contribution >= 4 is 16.9 Å². The van der Waals surface area contributed by atoms with Gasteiger partial charge in [-0.15, -0.1) is 0 Å². The van der Waals surface area contributed by atoms with Crippen LogP contribution in [0.3, 0.4) is 0 Å². The summed E-state index contributed by atoms with van der Waals surface area (Å²) in [7, 11) is 0. The highest BCUT2D eigenvalue weighted by Gasteiger charge is 2.19. The van der Waals surface area contributed by atoms with E-state index in [9.17, 15) is 0 Å². The summed E-state index contributed by atoms with van der Waals surface area (Å²) in [5.41, 5.74) is 0. The third-order valence-electron chi connectivity index (χ3n) is 1.92. The summed E-state index contributed by atoms with van der Waals surface area (Å²) in [4.78, 5) is 4.42. The third-order valence-corrected chi connectivity index (χ3v) is 3.20. The van der Waals surface area contributed by atoms with E-state index in [4.69, 9.17) is 0 Å². The van der Waals surface area contributed by atoms with E-state index in [0.29, 0.717) is 5.25 Å². The largest absolute Gasteiger partial charge is 0.261 e. The first-order valence-electron chi connectivity index (χ1n) is 4.75. The topological polar surface area (TPSA) is 26.5 Å². The van der Waals surface area contributed by atoms with Crippen molar-refractivity contribution in [3.05, 3.63) is 0 Å². The van der Waals surface area contributed by atoms with Crippen LogP contribution >= 0.6 is 11.8 Å². The fourth-order valence-electron chi connectivity index (χ4n) is 1.04. The van der Waals surface area contributed by atoms with E-state index in [1.807, 2.05) is 11.8 Å². The van der Waals surface area contributed by atoms with Gasteiger partial charge in [0.25, 0.3) is 0 Å². The van der Waals surface area contributed by atoms with Gasteiger partial charge < -0.3 is 0 Å². The Morgan fingerprint density at radius 1 is 1.58 bits per heavy atom. The average Bonchev–Trinajstić information content (AvgIpc) is 2.53. The molecule has 1 rings (SSSR count). The third kappa shape index (κ3) is 3.05. The van der Waals surface area contributed by atoms with Gasteiger partial charge in [-0.3, -0.25) is 10.3 Å². The SMILES string of the molecule is CCCCN=C1[N]CC(CC)S1. The van der Waals surface area contributed by atoms with Gasteiger partial charge in [-0.2, -0.15) is 0 Å². The standard InChI is InChI=1S/C9H17N2S/c1-3-5-6-10-9-11-7-8(4-2)12-9/h8H,3-7H2,1-2H3. The summed E-state index contributed by atoms with van der Waals surface area (Å²) in [5, 5.41) is 6.11. The number of hydrogen-bond donors (Lipinski definition) is 0. The molecule has 0 bridgehead atoms. The van der Waals surface area contributed by atoms with E-state index in [2.05, 4.69) is 24.2 Å². The maximum Gasteiger partial charge on any atom is 0.178 e. The van der Waals surface area contributed by atoms with Crippen molar-refractivity contribution in [2.24, 2.45) is 4.99 Å². The van der Waals surface area contributed by atoms with Crippen molar-refractivity contribution < 1.29 is 0 Å². The summed E-state index contributed by atoms with van der Waals surface area (Å²) >= 11 is 1.84. The molecule has 2 nitrogen and oxygen atoms in total. The maximum atomic E-state index is 4.42. The molecule has 12 heavy (non-hydrogen) atoms. The zero-order chi connectivity index (χ0) is 8.81. The Kier molecular flexibility index (Phi) is 4.51. The Balaban J connectivity index is 2.21. The van der Waals surface area contributed by atoms with Crippen LogP contribution in [-0.2, 0) is 0 Å². The lowest BCUT2D eigenvalue weighted by Crippen LogP contribution is -2.07. The molecule has 1 heterocycles. The summed E-state index contributed by atoms with van der Waals surface area (Å²) in [5.74, 6) is 0. The first-order chi connectivity index (χ1) is 5.86. The number of amidine groups is 1. The second-order valence-electron chi connectivity index (χ2n) is 3.01. The van der Waals surface area contributed by atoms with Gasteiger partial charge in [0, 0.05) is 11.8 Å². The van der Waals surface area contributed by atoms with Gasteiger partial charge in [-0.05, 0) is 12.8 Å². The minimum absolute atomic E-state index is 0.699. The van der Waals surface area contributed by atoms with Gasteiger partial charge >= 0.3 is 0 Å². The van der Waals surface area contributed by atoms with E-state index in [1.54, 1.807) is 0 Å². The summed E-state index contributed by atoms with van der Waals surface area (Å²) in [6, 6.07) is 0. The molecule has 0 aromatic rings. The quantitative estimate of drug-likeness (QED) is 0.617. The highest BCUT2D eigenvalue weighted by molar-refractivity contribution is 8.14.